The third-order valence-corrected chi connectivity index (χ3v) is 3.74. The SMILES string of the molecule is Cc1cnc(C(=O)NC2CN(C(=O)c3c[nH]c(=O)n3C)C2)cn1. The maximum atomic E-state index is 12.2. The second-order valence-corrected chi connectivity index (χ2v) is 5.46. The summed E-state index contributed by atoms with van der Waals surface area (Å²) in [6, 6.07) is -0.134. The number of hydrogen-bond acceptors (Lipinski definition) is 5. The van der Waals surface area contributed by atoms with Gasteiger partial charge in [-0.05, 0) is 6.92 Å². The number of nitrogens with zero attached hydrogens (tertiary/aromatic N) is 4. The number of aryl methyl sites for hydroxylation is 1. The average Bonchev–Trinajstić information content (AvgIpc) is 2.82. The summed E-state index contributed by atoms with van der Waals surface area (Å²) < 4.78 is 1.26. The van der Waals surface area contributed by atoms with Crippen LogP contribution < -0.4 is 11.0 Å². The zero-order chi connectivity index (χ0) is 16.6. The third kappa shape index (κ3) is 2.85. The molecule has 2 amide bonds. The van der Waals surface area contributed by atoms with Gasteiger partial charge in [-0.3, -0.25) is 19.1 Å². The highest BCUT2D eigenvalue weighted by atomic mass is 16.2. The lowest BCUT2D eigenvalue weighted by Crippen LogP contribution is -2.61. The molecule has 9 nitrogen and oxygen atoms in total. The van der Waals surface area contributed by atoms with Gasteiger partial charge in [-0.1, -0.05) is 0 Å². The molecule has 2 N–H and O–H groups in total. The highest BCUT2D eigenvalue weighted by Gasteiger charge is 2.33. The maximum absolute atomic E-state index is 12.2. The fourth-order valence-corrected chi connectivity index (χ4v) is 2.31. The summed E-state index contributed by atoms with van der Waals surface area (Å²) in [6.45, 7) is 2.57. The number of carbonyl (C=O) groups excluding carboxylic acids is 2. The predicted octanol–water partition coefficient (Wildman–Crippen LogP) is -0.934. The number of hydrogen-bond donors (Lipinski definition) is 2. The standard InChI is InChI=1S/C14H16N6O3/c1-8-3-16-10(4-15-8)12(21)18-9-6-20(7-9)13(22)11-5-17-14(23)19(11)2/h3-5,9H,6-7H2,1-2H3,(H,17,23)(H,18,21). The van der Waals surface area contributed by atoms with Gasteiger partial charge in [0.25, 0.3) is 11.8 Å². The Morgan fingerprint density at radius 2 is 2.04 bits per heavy atom. The zero-order valence-corrected chi connectivity index (χ0v) is 12.7. The molecular weight excluding hydrogens is 300 g/mol. The van der Waals surface area contributed by atoms with Crippen LogP contribution in [-0.4, -0.2) is 55.4 Å². The molecule has 0 bridgehead atoms. The van der Waals surface area contributed by atoms with Crippen LogP contribution in [0.5, 0.6) is 0 Å². The van der Waals surface area contributed by atoms with Gasteiger partial charge in [-0.15, -0.1) is 0 Å². The third-order valence-electron chi connectivity index (χ3n) is 3.74. The minimum Gasteiger partial charge on any atom is -0.344 e. The molecule has 120 valence electrons. The lowest BCUT2D eigenvalue weighted by atomic mass is 10.1. The van der Waals surface area contributed by atoms with Crippen molar-refractivity contribution in [2.45, 2.75) is 13.0 Å². The van der Waals surface area contributed by atoms with Gasteiger partial charge >= 0.3 is 5.69 Å². The van der Waals surface area contributed by atoms with Crippen molar-refractivity contribution in [1.82, 2.24) is 29.7 Å². The largest absolute Gasteiger partial charge is 0.344 e. The van der Waals surface area contributed by atoms with Crippen LogP contribution in [0.4, 0.5) is 0 Å². The Labute approximate surface area is 131 Å². The van der Waals surface area contributed by atoms with E-state index in [1.165, 1.54) is 30.2 Å². The molecule has 9 heteroatoms. The van der Waals surface area contributed by atoms with Gasteiger partial charge in [-0.25, -0.2) is 9.78 Å². The van der Waals surface area contributed by atoms with Crippen LogP contribution in [0.15, 0.2) is 23.4 Å². The molecule has 3 heterocycles. The van der Waals surface area contributed by atoms with Crippen molar-refractivity contribution in [3.63, 3.8) is 0 Å². The van der Waals surface area contributed by atoms with Crippen LogP contribution in [0.25, 0.3) is 0 Å². The van der Waals surface area contributed by atoms with Crippen molar-refractivity contribution in [2.24, 2.45) is 7.05 Å². The second kappa shape index (κ2) is 5.67. The lowest BCUT2D eigenvalue weighted by Gasteiger charge is -2.39. The molecule has 23 heavy (non-hydrogen) atoms. The van der Waals surface area contributed by atoms with E-state index in [4.69, 9.17) is 0 Å². The number of aromatic amines is 1. The highest BCUT2D eigenvalue weighted by Crippen LogP contribution is 2.12. The van der Waals surface area contributed by atoms with Gasteiger partial charge in [0.1, 0.15) is 11.4 Å². The lowest BCUT2D eigenvalue weighted by molar-refractivity contribution is 0.0532. The van der Waals surface area contributed by atoms with Crippen LogP contribution in [-0.2, 0) is 7.05 Å². The summed E-state index contributed by atoms with van der Waals surface area (Å²) in [5, 5.41) is 2.80. The summed E-state index contributed by atoms with van der Waals surface area (Å²) in [6.07, 6.45) is 4.33. The molecule has 1 aliphatic heterocycles. The molecule has 2 aromatic rings. The molecule has 0 aliphatic carbocycles. The van der Waals surface area contributed by atoms with Crippen molar-refractivity contribution in [3.05, 3.63) is 46.2 Å². The van der Waals surface area contributed by atoms with Crippen molar-refractivity contribution < 1.29 is 9.59 Å². The maximum Gasteiger partial charge on any atom is 0.325 e. The van der Waals surface area contributed by atoms with Gasteiger partial charge in [-0.2, -0.15) is 0 Å². The highest BCUT2D eigenvalue weighted by molar-refractivity contribution is 5.94. The van der Waals surface area contributed by atoms with Crippen molar-refractivity contribution in [2.75, 3.05) is 13.1 Å². The number of imidazole rings is 1. The molecular formula is C14H16N6O3. The van der Waals surface area contributed by atoms with E-state index in [0.717, 1.165) is 5.69 Å². The summed E-state index contributed by atoms with van der Waals surface area (Å²) in [5.74, 6) is -0.560. The van der Waals surface area contributed by atoms with Crippen LogP contribution in [0.1, 0.15) is 26.7 Å². The number of amides is 2. The Bertz CT molecular complexity index is 801. The molecule has 0 unspecified atom stereocenters. The fraction of sp³-hybridized carbons (Fsp3) is 0.357. The molecule has 0 aromatic carbocycles. The van der Waals surface area contributed by atoms with Gasteiger partial charge in [0, 0.05) is 32.5 Å². The van der Waals surface area contributed by atoms with Crippen LogP contribution in [0.3, 0.4) is 0 Å². The smallest absolute Gasteiger partial charge is 0.325 e. The minimum atomic E-state index is -0.336. The molecule has 3 rings (SSSR count). The van der Waals surface area contributed by atoms with E-state index in [1.54, 1.807) is 11.8 Å². The normalized spacial score (nSPS) is 14.4. The first-order chi connectivity index (χ1) is 11.0. The van der Waals surface area contributed by atoms with E-state index in [9.17, 15) is 14.4 Å². The molecule has 0 saturated carbocycles. The van der Waals surface area contributed by atoms with E-state index in [-0.39, 0.29) is 29.2 Å². The number of H-pyrrole nitrogens is 1. The quantitative estimate of drug-likeness (QED) is 0.759. The first-order valence-electron chi connectivity index (χ1n) is 7.09. The topological polar surface area (TPSA) is 113 Å². The van der Waals surface area contributed by atoms with Gasteiger partial charge in [0.05, 0.1) is 17.9 Å². The molecule has 1 aliphatic rings. The number of carbonyl (C=O) groups is 2. The van der Waals surface area contributed by atoms with Crippen LogP contribution >= 0.6 is 0 Å². The Morgan fingerprint density at radius 1 is 1.30 bits per heavy atom. The molecule has 0 spiro atoms. The molecule has 0 atom stereocenters. The number of nitrogens with one attached hydrogen (secondary N) is 2. The van der Waals surface area contributed by atoms with Gasteiger partial charge < -0.3 is 15.2 Å². The Kier molecular flexibility index (Phi) is 3.68. The fourth-order valence-electron chi connectivity index (χ4n) is 2.31. The first kappa shape index (κ1) is 14.9. The first-order valence-corrected chi connectivity index (χ1v) is 7.09. The van der Waals surface area contributed by atoms with E-state index in [2.05, 4.69) is 20.3 Å². The predicted molar refractivity (Wildman–Crippen MR) is 80.0 cm³/mol. The van der Waals surface area contributed by atoms with Crippen molar-refractivity contribution in [1.29, 1.82) is 0 Å². The van der Waals surface area contributed by atoms with Gasteiger partial charge in [0.15, 0.2) is 0 Å². The Morgan fingerprint density at radius 3 is 2.61 bits per heavy atom. The van der Waals surface area contributed by atoms with E-state index >= 15 is 0 Å². The summed E-state index contributed by atoms with van der Waals surface area (Å²) in [7, 11) is 1.53. The zero-order valence-electron chi connectivity index (χ0n) is 12.7. The summed E-state index contributed by atoms with van der Waals surface area (Å²) >= 11 is 0. The monoisotopic (exact) mass is 316 g/mol. The minimum absolute atomic E-state index is 0.134. The van der Waals surface area contributed by atoms with Crippen LogP contribution in [0.2, 0.25) is 0 Å². The number of likely N-dealkylation sites (tertiary alicyclic amines) is 1. The van der Waals surface area contributed by atoms with Crippen LogP contribution in [0, 0.1) is 6.92 Å². The van der Waals surface area contributed by atoms with E-state index < -0.39 is 0 Å². The number of aromatic nitrogens is 4. The summed E-state index contributed by atoms with van der Waals surface area (Å²) in [5.41, 5.74) is 0.938. The Balaban J connectivity index is 1.56. The van der Waals surface area contributed by atoms with E-state index in [0.29, 0.717) is 18.8 Å². The van der Waals surface area contributed by atoms with Crippen molar-refractivity contribution >= 4 is 11.8 Å². The Hall–Kier alpha value is -2.97. The second-order valence-electron chi connectivity index (χ2n) is 5.46. The molecule has 1 saturated heterocycles. The molecule has 2 aromatic heterocycles. The van der Waals surface area contributed by atoms with E-state index in [1.807, 2.05) is 0 Å². The average molecular weight is 316 g/mol. The summed E-state index contributed by atoms with van der Waals surface area (Å²) in [4.78, 5) is 47.6. The van der Waals surface area contributed by atoms with Gasteiger partial charge in [0.2, 0.25) is 0 Å². The molecule has 1 fully saturated rings. The molecule has 0 radical (unpaired) electrons. The van der Waals surface area contributed by atoms with Crippen molar-refractivity contribution in [3.8, 4) is 0 Å². The number of rotatable bonds is 3.